The zero-order valence-electron chi connectivity index (χ0n) is 15.9. The number of nitrogens with zero attached hydrogens (tertiary/aromatic N) is 2. The highest BCUT2D eigenvalue weighted by Crippen LogP contribution is 2.21. The molecule has 0 spiro atoms. The molecule has 0 bridgehead atoms. The molecule has 1 aromatic heterocycles. The molecule has 0 radical (unpaired) electrons. The Morgan fingerprint density at radius 1 is 1.07 bits per heavy atom. The molecule has 28 heavy (non-hydrogen) atoms. The predicted octanol–water partition coefficient (Wildman–Crippen LogP) is 4.07. The monoisotopic (exact) mass is 394 g/mol. The second-order valence-corrected chi connectivity index (χ2v) is 7.24. The van der Waals surface area contributed by atoms with Gasteiger partial charge in [0.1, 0.15) is 0 Å². The van der Waals surface area contributed by atoms with Crippen molar-refractivity contribution >= 4 is 17.7 Å². The van der Waals surface area contributed by atoms with Crippen molar-refractivity contribution in [2.75, 3.05) is 6.61 Å². The number of esters is 1. The summed E-state index contributed by atoms with van der Waals surface area (Å²) < 4.78 is 6.67. The van der Waals surface area contributed by atoms with E-state index in [2.05, 4.69) is 17.1 Å². The normalized spacial score (nSPS) is 10.6. The molecule has 0 N–H and O–H groups in total. The number of ether oxygens (including phenoxy) is 1. The quantitative estimate of drug-likeness (QED) is 0.343. The summed E-state index contributed by atoms with van der Waals surface area (Å²) in [5.41, 5.74) is 3.21. The van der Waals surface area contributed by atoms with Gasteiger partial charge in [-0.05, 0) is 37.1 Å². The zero-order valence-corrected chi connectivity index (χ0v) is 16.7. The Labute approximate surface area is 168 Å². The third-order valence-electron chi connectivity index (χ3n) is 4.12. The first-order valence-electron chi connectivity index (χ1n) is 9.08. The summed E-state index contributed by atoms with van der Waals surface area (Å²) in [6, 6.07) is 18.7. The highest BCUT2D eigenvalue weighted by Gasteiger charge is 2.11. The molecule has 3 aromatic rings. The van der Waals surface area contributed by atoms with E-state index >= 15 is 0 Å². The number of carbonyl (C=O) groups excluding carboxylic acids is 1. The molecule has 144 valence electrons. The Kier molecular flexibility index (Phi) is 6.66. The van der Waals surface area contributed by atoms with Crippen LogP contribution in [0.4, 0.5) is 0 Å². The highest BCUT2D eigenvalue weighted by molar-refractivity contribution is 7.98. The predicted molar refractivity (Wildman–Crippen MR) is 111 cm³/mol. The van der Waals surface area contributed by atoms with E-state index < -0.39 is 0 Å². The van der Waals surface area contributed by atoms with E-state index in [1.54, 1.807) is 41.5 Å². The van der Waals surface area contributed by atoms with Crippen LogP contribution in [0.15, 0.2) is 70.6 Å². The van der Waals surface area contributed by atoms with Crippen molar-refractivity contribution in [2.45, 2.75) is 31.3 Å². The first-order chi connectivity index (χ1) is 13.6. The van der Waals surface area contributed by atoms with E-state index in [0.29, 0.717) is 29.6 Å². The van der Waals surface area contributed by atoms with Gasteiger partial charge in [0.25, 0.3) is 5.56 Å². The Hall–Kier alpha value is -2.86. The number of thioether (sulfide) groups is 1. The van der Waals surface area contributed by atoms with E-state index in [4.69, 9.17) is 4.74 Å². The van der Waals surface area contributed by atoms with Crippen molar-refractivity contribution in [3.05, 3.63) is 93.4 Å². The summed E-state index contributed by atoms with van der Waals surface area (Å²) in [6.07, 6.45) is 0. The molecule has 0 aliphatic carbocycles. The Bertz CT molecular complexity index is 999. The molecule has 0 aliphatic rings. The van der Waals surface area contributed by atoms with Crippen LogP contribution in [0.2, 0.25) is 0 Å². The number of benzene rings is 2. The van der Waals surface area contributed by atoms with E-state index in [-0.39, 0.29) is 11.5 Å². The van der Waals surface area contributed by atoms with Crippen LogP contribution in [0.5, 0.6) is 0 Å². The Morgan fingerprint density at radius 2 is 1.79 bits per heavy atom. The average molecular weight is 394 g/mol. The van der Waals surface area contributed by atoms with E-state index in [0.717, 1.165) is 11.3 Å². The smallest absolute Gasteiger partial charge is 0.338 e. The van der Waals surface area contributed by atoms with E-state index in [1.807, 2.05) is 37.3 Å². The van der Waals surface area contributed by atoms with Gasteiger partial charge in [-0.25, -0.2) is 9.78 Å². The fourth-order valence-corrected chi connectivity index (χ4v) is 3.72. The minimum Gasteiger partial charge on any atom is -0.462 e. The van der Waals surface area contributed by atoms with Crippen molar-refractivity contribution in [1.29, 1.82) is 0 Å². The molecule has 0 amide bonds. The minimum absolute atomic E-state index is 0.0856. The van der Waals surface area contributed by atoms with Crippen LogP contribution in [0.1, 0.15) is 34.1 Å². The van der Waals surface area contributed by atoms with E-state index in [1.165, 1.54) is 5.56 Å². The lowest BCUT2D eigenvalue weighted by atomic mass is 10.1. The molecule has 0 atom stereocenters. The molecule has 0 saturated carbocycles. The number of rotatable bonds is 7. The van der Waals surface area contributed by atoms with Crippen LogP contribution < -0.4 is 5.56 Å². The summed E-state index contributed by atoms with van der Waals surface area (Å²) in [7, 11) is 0. The molecule has 0 aliphatic heterocycles. The van der Waals surface area contributed by atoms with Crippen LogP contribution in [-0.2, 0) is 17.0 Å². The third kappa shape index (κ3) is 5.10. The van der Waals surface area contributed by atoms with Gasteiger partial charge in [0.2, 0.25) is 0 Å². The summed E-state index contributed by atoms with van der Waals surface area (Å²) >= 11 is 1.54. The van der Waals surface area contributed by atoms with Crippen LogP contribution in [-0.4, -0.2) is 22.1 Å². The second kappa shape index (κ2) is 9.37. The van der Waals surface area contributed by atoms with Crippen molar-refractivity contribution in [2.24, 2.45) is 0 Å². The maximum Gasteiger partial charge on any atom is 0.338 e. The van der Waals surface area contributed by atoms with Gasteiger partial charge in [-0.15, -0.1) is 0 Å². The number of carbonyl (C=O) groups is 1. The number of hydrogen-bond acceptors (Lipinski definition) is 5. The van der Waals surface area contributed by atoms with Crippen molar-refractivity contribution in [3.8, 4) is 0 Å². The molecular formula is C22H22N2O3S. The Balaban J connectivity index is 1.81. The zero-order chi connectivity index (χ0) is 19.9. The second-order valence-electron chi connectivity index (χ2n) is 6.30. The van der Waals surface area contributed by atoms with Crippen LogP contribution in [0.3, 0.4) is 0 Å². The summed E-state index contributed by atoms with van der Waals surface area (Å²) in [5, 5.41) is 0.684. The van der Waals surface area contributed by atoms with Gasteiger partial charge in [-0.3, -0.25) is 9.36 Å². The average Bonchev–Trinajstić information content (AvgIpc) is 2.70. The lowest BCUT2D eigenvalue weighted by Crippen LogP contribution is -2.23. The third-order valence-corrected chi connectivity index (χ3v) is 5.17. The topological polar surface area (TPSA) is 61.2 Å². The minimum atomic E-state index is -0.345. The molecule has 6 heteroatoms. The fraction of sp³-hybridized carbons (Fsp3) is 0.227. The molecule has 5 nitrogen and oxygen atoms in total. The number of aryl methyl sites for hydroxylation is 1. The molecule has 0 unspecified atom stereocenters. The van der Waals surface area contributed by atoms with Crippen LogP contribution in [0.25, 0.3) is 0 Å². The maximum absolute atomic E-state index is 12.6. The number of aromatic nitrogens is 2. The van der Waals surface area contributed by atoms with Crippen LogP contribution >= 0.6 is 11.8 Å². The van der Waals surface area contributed by atoms with Crippen LogP contribution in [0, 0.1) is 6.92 Å². The van der Waals surface area contributed by atoms with Crippen molar-refractivity contribution in [1.82, 2.24) is 9.55 Å². The van der Waals surface area contributed by atoms with Gasteiger partial charge in [0.05, 0.1) is 18.7 Å². The standard InChI is InChI=1S/C22H22N2O3S/c1-3-27-21(26)19-11-9-17(10-12-19)14-24-20(25)13-16(2)23-22(24)28-15-18-7-5-4-6-8-18/h4-13H,3,14-15H2,1-2H3. The molecule has 2 aromatic carbocycles. The first kappa shape index (κ1) is 19.9. The summed E-state index contributed by atoms with van der Waals surface area (Å²) in [6.45, 7) is 4.34. The lowest BCUT2D eigenvalue weighted by molar-refractivity contribution is 0.0526. The van der Waals surface area contributed by atoms with Gasteiger partial charge in [-0.1, -0.05) is 54.2 Å². The van der Waals surface area contributed by atoms with Gasteiger partial charge >= 0.3 is 5.97 Å². The summed E-state index contributed by atoms with van der Waals surface area (Å²) in [4.78, 5) is 28.9. The molecular weight excluding hydrogens is 372 g/mol. The summed E-state index contributed by atoms with van der Waals surface area (Å²) in [5.74, 6) is 0.390. The van der Waals surface area contributed by atoms with Gasteiger partial charge < -0.3 is 4.74 Å². The van der Waals surface area contributed by atoms with E-state index in [9.17, 15) is 9.59 Å². The SMILES string of the molecule is CCOC(=O)c1ccc(Cn2c(SCc3ccccc3)nc(C)cc2=O)cc1. The fourth-order valence-electron chi connectivity index (χ4n) is 2.72. The lowest BCUT2D eigenvalue weighted by Gasteiger charge is -2.13. The van der Waals surface area contributed by atoms with Gasteiger partial charge in [-0.2, -0.15) is 0 Å². The number of hydrogen-bond donors (Lipinski definition) is 0. The maximum atomic E-state index is 12.6. The Morgan fingerprint density at radius 3 is 2.46 bits per heavy atom. The largest absolute Gasteiger partial charge is 0.462 e. The molecule has 0 saturated heterocycles. The molecule has 1 heterocycles. The van der Waals surface area contributed by atoms with Crippen molar-refractivity contribution in [3.63, 3.8) is 0 Å². The first-order valence-corrected chi connectivity index (χ1v) is 10.1. The van der Waals surface area contributed by atoms with Crippen molar-refractivity contribution < 1.29 is 9.53 Å². The molecule has 3 rings (SSSR count). The molecule has 0 fully saturated rings. The highest BCUT2D eigenvalue weighted by atomic mass is 32.2. The van der Waals surface area contributed by atoms with Gasteiger partial charge in [0.15, 0.2) is 5.16 Å². The van der Waals surface area contributed by atoms with Gasteiger partial charge in [0, 0.05) is 17.5 Å².